The van der Waals surface area contributed by atoms with Gasteiger partial charge in [0.1, 0.15) is 0 Å². The van der Waals surface area contributed by atoms with Gasteiger partial charge in [-0.2, -0.15) is 0 Å². The van der Waals surface area contributed by atoms with Gasteiger partial charge in [0.2, 0.25) is 0 Å². The first kappa shape index (κ1) is 21.7. The minimum atomic E-state index is 0.178. The van der Waals surface area contributed by atoms with E-state index in [-0.39, 0.29) is 16.2 Å². The predicted molar refractivity (Wildman–Crippen MR) is 121 cm³/mol. The van der Waals surface area contributed by atoms with Gasteiger partial charge in [0.15, 0.2) is 0 Å². The summed E-state index contributed by atoms with van der Waals surface area (Å²) in [7, 11) is 0. The Kier molecular flexibility index (Phi) is 6.30. The van der Waals surface area contributed by atoms with Crippen LogP contribution >= 0.6 is 0 Å². The third-order valence-corrected chi connectivity index (χ3v) is 5.44. The number of rotatable bonds is 4. The molecule has 2 rings (SSSR count). The van der Waals surface area contributed by atoms with Crippen molar-refractivity contribution in [1.82, 2.24) is 0 Å². The van der Waals surface area contributed by atoms with Crippen molar-refractivity contribution >= 4 is 0 Å². The molecule has 2 aromatic carbocycles. The molecule has 0 aromatic heterocycles. The quantitative estimate of drug-likeness (QED) is 0.520. The largest absolute Gasteiger partial charge is 0.0620 e. The van der Waals surface area contributed by atoms with Crippen LogP contribution in [0.2, 0.25) is 0 Å². The van der Waals surface area contributed by atoms with Crippen molar-refractivity contribution in [3.05, 3.63) is 70.3 Å². The molecule has 2 aromatic rings. The molecule has 0 radical (unpaired) electrons. The maximum absolute atomic E-state index is 2.47. The van der Waals surface area contributed by atoms with Crippen LogP contribution in [0, 0.1) is 0 Å². The molecular formula is C27H40. The van der Waals surface area contributed by atoms with Gasteiger partial charge in [0.05, 0.1) is 0 Å². The summed E-state index contributed by atoms with van der Waals surface area (Å²) in [6, 6.07) is 16.2. The first-order chi connectivity index (χ1) is 12.3. The van der Waals surface area contributed by atoms with Crippen LogP contribution in [-0.2, 0) is 29.1 Å². The van der Waals surface area contributed by atoms with Gasteiger partial charge in [0.25, 0.3) is 0 Å². The fourth-order valence-corrected chi connectivity index (χ4v) is 3.97. The second kappa shape index (κ2) is 7.82. The molecule has 0 nitrogen and oxygen atoms in total. The van der Waals surface area contributed by atoms with E-state index in [1.165, 1.54) is 34.2 Å². The van der Waals surface area contributed by atoms with Crippen molar-refractivity contribution in [2.24, 2.45) is 0 Å². The van der Waals surface area contributed by atoms with Crippen LogP contribution in [-0.4, -0.2) is 0 Å². The minimum Gasteiger partial charge on any atom is -0.0620 e. The minimum absolute atomic E-state index is 0.178. The van der Waals surface area contributed by atoms with E-state index in [2.05, 4.69) is 105 Å². The molecule has 0 spiro atoms. The summed E-state index contributed by atoms with van der Waals surface area (Å²) in [6.45, 7) is 20.9. The molecule has 0 N–H and O–H groups in total. The molecule has 0 fully saturated rings. The normalized spacial score (nSPS) is 13.1. The second-order valence-corrected chi connectivity index (χ2v) is 11.1. The highest BCUT2D eigenvalue weighted by molar-refractivity contribution is 5.41. The topological polar surface area (TPSA) is 0 Å². The third-order valence-electron chi connectivity index (χ3n) is 5.44. The average molecular weight is 365 g/mol. The molecule has 0 aliphatic carbocycles. The van der Waals surface area contributed by atoms with E-state index in [1.54, 1.807) is 0 Å². The van der Waals surface area contributed by atoms with Crippen molar-refractivity contribution in [3.8, 4) is 0 Å². The molecule has 0 saturated heterocycles. The summed E-state index contributed by atoms with van der Waals surface area (Å²) in [5.41, 5.74) is 8.03. The van der Waals surface area contributed by atoms with Gasteiger partial charge >= 0.3 is 0 Å². The van der Waals surface area contributed by atoms with Crippen molar-refractivity contribution in [2.45, 2.75) is 97.8 Å². The van der Waals surface area contributed by atoms with Gasteiger partial charge in [-0.05, 0) is 63.3 Å². The highest BCUT2D eigenvalue weighted by Gasteiger charge is 2.25. The Morgan fingerprint density at radius 2 is 1.11 bits per heavy atom. The zero-order valence-corrected chi connectivity index (χ0v) is 19.2. The van der Waals surface area contributed by atoms with Crippen LogP contribution < -0.4 is 0 Å². The van der Waals surface area contributed by atoms with Gasteiger partial charge in [-0.25, -0.2) is 0 Å². The summed E-state index contributed by atoms with van der Waals surface area (Å²) in [5.74, 6) is 0. The summed E-state index contributed by atoms with van der Waals surface area (Å²) in [4.78, 5) is 0. The lowest BCUT2D eigenvalue weighted by Gasteiger charge is -2.30. The Bertz CT molecular complexity index is 758. The van der Waals surface area contributed by atoms with Crippen LogP contribution in [0.25, 0.3) is 0 Å². The SMILES string of the molecule is CC(C)(C)c1ccccc1CCCc1ccc(C(C)(C)C)c(C(C)(C)C)c1. The lowest BCUT2D eigenvalue weighted by atomic mass is 9.74. The Labute approximate surface area is 168 Å². The van der Waals surface area contributed by atoms with Gasteiger partial charge < -0.3 is 0 Å². The van der Waals surface area contributed by atoms with Crippen LogP contribution in [0.5, 0.6) is 0 Å². The van der Waals surface area contributed by atoms with Crippen LogP contribution in [0.15, 0.2) is 42.5 Å². The summed E-state index contributed by atoms with van der Waals surface area (Å²) < 4.78 is 0. The lowest BCUT2D eigenvalue weighted by molar-refractivity contribution is 0.529. The standard InChI is InChI=1S/C27H40/c1-25(2,3)22-16-11-10-14-21(22)15-12-13-20-17-18-23(26(4,5)6)24(19-20)27(7,8)9/h10-11,14,16-19H,12-13,15H2,1-9H3. The van der Waals surface area contributed by atoms with E-state index in [4.69, 9.17) is 0 Å². The average Bonchev–Trinajstić information content (AvgIpc) is 2.52. The maximum Gasteiger partial charge on any atom is -0.0129 e. The highest BCUT2D eigenvalue weighted by atomic mass is 14.3. The molecule has 0 aliphatic heterocycles. The predicted octanol–water partition coefficient (Wildman–Crippen LogP) is 7.75. The first-order valence-electron chi connectivity index (χ1n) is 10.5. The van der Waals surface area contributed by atoms with E-state index < -0.39 is 0 Å². The zero-order valence-electron chi connectivity index (χ0n) is 19.2. The van der Waals surface area contributed by atoms with Crippen molar-refractivity contribution < 1.29 is 0 Å². The number of aryl methyl sites for hydroxylation is 2. The number of hydrogen-bond acceptors (Lipinski definition) is 0. The fraction of sp³-hybridized carbons (Fsp3) is 0.556. The highest BCUT2D eigenvalue weighted by Crippen LogP contribution is 2.35. The van der Waals surface area contributed by atoms with E-state index in [9.17, 15) is 0 Å². The molecule has 0 unspecified atom stereocenters. The summed E-state index contributed by atoms with van der Waals surface area (Å²) in [6.07, 6.45) is 3.50. The molecule has 148 valence electrons. The molecular weight excluding hydrogens is 324 g/mol. The fourth-order valence-electron chi connectivity index (χ4n) is 3.97. The van der Waals surface area contributed by atoms with Gasteiger partial charge in [-0.1, -0.05) is 105 Å². The van der Waals surface area contributed by atoms with E-state index in [0.29, 0.717) is 0 Å². The van der Waals surface area contributed by atoms with E-state index in [0.717, 1.165) is 12.8 Å². The second-order valence-electron chi connectivity index (χ2n) is 11.1. The van der Waals surface area contributed by atoms with Gasteiger partial charge in [-0.3, -0.25) is 0 Å². The molecule has 0 heteroatoms. The molecule has 0 amide bonds. The third kappa shape index (κ3) is 5.71. The van der Waals surface area contributed by atoms with Crippen molar-refractivity contribution in [3.63, 3.8) is 0 Å². The molecule has 0 atom stereocenters. The molecule has 0 heterocycles. The monoisotopic (exact) mass is 364 g/mol. The van der Waals surface area contributed by atoms with Crippen molar-refractivity contribution in [2.75, 3.05) is 0 Å². The number of benzene rings is 2. The van der Waals surface area contributed by atoms with E-state index in [1.807, 2.05) is 0 Å². The van der Waals surface area contributed by atoms with Crippen LogP contribution in [0.1, 0.15) is 96.6 Å². The molecule has 0 saturated carbocycles. The Hall–Kier alpha value is -1.56. The molecule has 0 aliphatic rings. The van der Waals surface area contributed by atoms with Crippen LogP contribution in [0.4, 0.5) is 0 Å². The zero-order chi connectivity index (χ0) is 20.5. The first-order valence-corrected chi connectivity index (χ1v) is 10.5. The molecule has 0 bridgehead atoms. The summed E-state index contributed by atoms with van der Waals surface area (Å²) >= 11 is 0. The Morgan fingerprint density at radius 3 is 1.67 bits per heavy atom. The Morgan fingerprint density at radius 1 is 0.556 bits per heavy atom. The lowest BCUT2D eigenvalue weighted by Crippen LogP contribution is -2.22. The smallest absolute Gasteiger partial charge is 0.0129 e. The molecule has 27 heavy (non-hydrogen) atoms. The van der Waals surface area contributed by atoms with Crippen molar-refractivity contribution in [1.29, 1.82) is 0 Å². The Balaban J connectivity index is 2.19. The summed E-state index contributed by atoms with van der Waals surface area (Å²) in [5, 5.41) is 0. The van der Waals surface area contributed by atoms with Gasteiger partial charge in [0, 0.05) is 0 Å². The van der Waals surface area contributed by atoms with E-state index >= 15 is 0 Å². The number of hydrogen-bond donors (Lipinski definition) is 0. The van der Waals surface area contributed by atoms with Gasteiger partial charge in [-0.15, -0.1) is 0 Å². The maximum atomic E-state index is 2.47. The van der Waals surface area contributed by atoms with Crippen LogP contribution in [0.3, 0.4) is 0 Å².